The lowest BCUT2D eigenvalue weighted by Crippen LogP contribution is -2.38. The predicted octanol–water partition coefficient (Wildman–Crippen LogP) is 3.06. The first-order chi connectivity index (χ1) is 14.6. The van der Waals surface area contributed by atoms with Crippen molar-refractivity contribution in [2.45, 2.75) is 37.8 Å². The van der Waals surface area contributed by atoms with Gasteiger partial charge in [-0.15, -0.1) is 0 Å². The number of hydrogen-bond donors (Lipinski definition) is 2. The van der Waals surface area contributed by atoms with Gasteiger partial charge in [-0.1, -0.05) is 29.8 Å². The molecule has 1 aromatic heterocycles. The van der Waals surface area contributed by atoms with Gasteiger partial charge >= 0.3 is 5.69 Å². The molecule has 7 heteroatoms. The highest BCUT2D eigenvalue weighted by Gasteiger charge is 2.40. The zero-order valence-electron chi connectivity index (χ0n) is 16.8. The number of rotatable bonds is 4. The molecule has 0 amide bonds. The van der Waals surface area contributed by atoms with Gasteiger partial charge in [0.15, 0.2) is 0 Å². The normalized spacial score (nSPS) is 22.7. The van der Waals surface area contributed by atoms with Crippen molar-refractivity contribution in [3.63, 3.8) is 0 Å². The molecule has 1 aliphatic heterocycles. The Balaban J connectivity index is 1.46. The van der Waals surface area contributed by atoms with Crippen molar-refractivity contribution < 1.29 is 4.74 Å². The standard InChI is InChI=1S/C23H24ClN3O3/c1-30-19-7-2-4-15-14(19)9-8-13-12-25-17(20(13)15)10-11-27-22(28)21-16(24)5-3-6-18(21)26-23(27)29/h2-7,13,17,20,25H,8-12H2,1H3,(H,26,29). The highest BCUT2D eigenvalue weighted by atomic mass is 35.5. The van der Waals surface area contributed by atoms with E-state index in [1.807, 2.05) is 6.07 Å². The van der Waals surface area contributed by atoms with Crippen molar-refractivity contribution in [3.8, 4) is 5.75 Å². The number of benzene rings is 2. The Morgan fingerprint density at radius 3 is 2.87 bits per heavy atom. The summed E-state index contributed by atoms with van der Waals surface area (Å²) in [5, 5.41) is 4.36. The fourth-order valence-electron chi connectivity index (χ4n) is 5.33. The van der Waals surface area contributed by atoms with Gasteiger partial charge in [0.25, 0.3) is 5.56 Å². The van der Waals surface area contributed by atoms with Crippen molar-refractivity contribution in [1.29, 1.82) is 0 Å². The van der Waals surface area contributed by atoms with E-state index >= 15 is 0 Å². The number of fused-ring (bicyclic) bond motifs is 4. The van der Waals surface area contributed by atoms with E-state index in [1.165, 1.54) is 15.7 Å². The third kappa shape index (κ3) is 3.06. The van der Waals surface area contributed by atoms with Crippen LogP contribution in [0.4, 0.5) is 0 Å². The van der Waals surface area contributed by atoms with E-state index in [4.69, 9.17) is 16.3 Å². The van der Waals surface area contributed by atoms with Gasteiger partial charge in [0, 0.05) is 18.5 Å². The summed E-state index contributed by atoms with van der Waals surface area (Å²) in [4.78, 5) is 28.3. The maximum Gasteiger partial charge on any atom is 0.328 e. The Kier molecular flexibility index (Phi) is 4.91. The molecule has 2 aliphatic rings. The molecule has 156 valence electrons. The lowest BCUT2D eigenvalue weighted by molar-refractivity contribution is 0.371. The molecule has 0 bridgehead atoms. The topological polar surface area (TPSA) is 76.1 Å². The number of nitrogens with one attached hydrogen (secondary N) is 2. The van der Waals surface area contributed by atoms with Crippen molar-refractivity contribution in [2.75, 3.05) is 13.7 Å². The van der Waals surface area contributed by atoms with E-state index < -0.39 is 5.69 Å². The molecule has 3 atom stereocenters. The molecule has 6 nitrogen and oxygen atoms in total. The van der Waals surface area contributed by atoms with E-state index in [1.54, 1.807) is 25.3 Å². The summed E-state index contributed by atoms with van der Waals surface area (Å²) in [7, 11) is 1.72. The van der Waals surface area contributed by atoms with Crippen LogP contribution in [0, 0.1) is 5.92 Å². The van der Waals surface area contributed by atoms with Crippen LogP contribution in [0.5, 0.6) is 5.75 Å². The van der Waals surface area contributed by atoms with Crippen LogP contribution in [-0.4, -0.2) is 29.2 Å². The monoisotopic (exact) mass is 425 g/mol. The van der Waals surface area contributed by atoms with Crippen LogP contribution in [0.1, 0.15) is 29.9 Å². The largest absolute Gasteiger partial charge is 0.496 e. The smallest absolute Gasteiger partial charge is 0.328 e. The first kappa shape index (κ1) is 19.4. The highest BCUT2D eigenvalue weighted by Crippen LogP contribution is 2.45. The molecule has 1 fully saturated rings. The zero-order valence-corrected chi connectivity index (χ0v) is 17.5. The number of halogens is 1. The maximum absolute atomic E-state index is 13.0. The van der Waals surface area contributed by atoms with Gasteiger partial charge in [0.05, 0.1) is 23.0 Å². The van der Waals surface area contributed by atoms with Crippen molar-refractivity contribution in [1.82, 2.24) is 14.9 Å². The van der Waals surface area contributed by atoms with E-state index in [-0.39, 0.29) is 11.6 Å². The van der Waals surface area contributed by atoms with E-state index in [9.17, 15) is 9.59 Å². The Morgan fingerprint density at radius 1 is 1.20 bits per heavy atom. The van der Waals surface area contributed by atoms with Gasteiger partial charge in [-0.2, -0.15) is 0 Å². The lowest BCUT2D eigenvalue weighted by atomic mass is 9.73. The molecule has 3 unspecified atom stereocenters. The van der Waals surface area contributed by atoms with E-state index in [0.717, 1.165) is 25.1 Å². The first-order valence-electron chi connectivity index (χ1n) is 10.4. The number of aromatic amines is 1. The van der Waals surface area contributed by atoms with E-state index in [0.29, 0.717) is 40.7 Å². The van der Waals surface area contributed by atoms with Gasteiger partial charge < -0.3 is 15.0 Å². The zero-order chi connectivity index (χ0) is 20.8. The molecule has 30 heavy (non-hydrogen) atoms. The molecule has 5 rings (SSSR count). The average molecular weight is 426 g/mol. The minimum Gasteiger partial charge on any atom is -0.496 e. The molecule has 0 saturated carbocycles. The SMILES string of the molecule is COc1cccc2c1CCC1CNC(CCn3c(=O)[nH]c4cccc(Cl)c4c3=O)C21. The van der Waals surface area contributed by atoms with Gasteiger partial charge in [-0.05, 0) is 61.1 Å². The van der Waals surface area contributed by atoms with Crippen LogP contribution in [0.15, 0.2) is 46.0 Å². The second-order valence-electron chi connectivity index (χ2n) is 8.21. The Morgan fingerprint density at radius 2 is 2.03 bits per heavy atom. The summed E-state index contributed by atoms with van der Waals surface area (Å²) in [5.41, 5.74) is 2.38. The summed E-state index contributed by atoms with van der Waals surface area (Å²) in [6, 6.07) is 11.6. The summed E-state index contributed by atoms with van der Waals surface area (Å²) < 4.78 is 6.86. The Bertz CT molecular complexity index is 1230. The average Bonchev–Trinajstić information content (AvgIpc) is 3.16. The summed E-state index contributed by atoms with van der Waals surface area (Å²) in [6.07, 6.45) is 2.83. The number of H-pyrrole nitrogens is 1. The third-order valence-electron chi connectivity index (χ3n) is 6.72. The fourth-order valence-corrected chi connectivity index (χ4v) is 5.58. The molecule has 2 heterocycles. The van der Waals surface area contributed by atoms with E-state index in [2.05, 4.69) is 22.4 Å². The number of hydrogen-bond acceptors (Lipinski definition) is 4. The summed E-state index contributed by atoms with van der Waals surface area (Å²) >= 11 is 6.23. The number of ether oxygens (including phenoxy) is 1. The number of nitrogens with zero attached hydrogens (tertiary/aromatic N) is 1. The Labute approximate surface area is 178 Å². The molecule has 2 aromatic carbocycles. The predicted molar refractivity (Wildman–Crippen MR) is 118 cm³/mol. The van der Waals surface area contributed by atoms with Gasteiger partial charge in [0.2, 0.25) is 0 Å². The second-order valence-corrected chi connectivity index (χ2v) is 8.61. The van der Waals surface area contributed by atoms with Crippen molar-refractivity contribution >= 4 is 22.5 Å². The highest BCUT2D eigenvalue weighted by molar-refractivity contribution is 6.35. The quantitative estimate of drug-likeness (QED) is 0.673. The molecule has 1 saturated heterocycles. The van der Waals surface area contributed by atoms with Crippen LogP contribution in [0.2, 0.25) is 5.02 Å². The number of methoxy groups -OCH3 is 1. The molecule has 2 N–H and O–H groups in total. The van der Waals surface area contributed by atoms with Crippen molar-refractivity contribution in [3.05, 3.63) is 73.4 Å². The van der Waals surface area contributed by atoms with Crippen molar-refractivity contribution in [2.24, 2.45) is 5.92 Å². The third-order valence-corrected chi connectivity index (χ3v) is 7.04. The number of aromatic nitrogens is 2. The van der Waals surface area contributed by atoms with Gasteiger partial charge in [-0.3, -0.25) is 9.36 Å². The van der Waals surface area contributed by atoms with Crippen LogP contribution < -0.4 is 21.3 Å². The van der Waals surface area contributed by atoms with Crippen LogP contribution in [0.25, 0.3) is 10.9 Å². The molecular weight excluding hydrogens is 402 g/mol. The molecular formula is C23H24ClN3O3. The van der Waals surface area contributed by atoms with Crippen LogP contribution >= 0.6 is 11.6 Å². The minimum atomic E-state index is -0.393. The lowest BCUT2D eigenvalue weighted by Gasteiger charge is -2.32. The maximum atomic E-state index is 13.0. The summed E-state index contributed by atoms with van der Waals surface area (Å²) in [5.74, 6) is 1.88. The molecule has 0 radical (unpaired) electrons. The second kappa shape index (κ2) is 7.60. The van der Waals surface area contributed by atoms with Crippen LogP contribution in [-0.2, 0) is 13.0 Å². The van der Waals surface area contributed by atoms with Crippen LogP contribution in [0.3, 0.4) is 0 Å². The molecule has 3 aromatic rings. The molecule has 1 aliphatic carbocycles. The first-order valence-corrected chi connectivity index (χ1v) is 10.8. The van der Waals surface area contributed by atoms with Gasteiger partial charge in [-0.25, -0.2) is 4.79 Å². The van der Waals surface area contributed by atoms with Gasteiger partial charge in [0.1, 0.15) is 5.75 Å². The fraction of sp³-hybridized carbons (Fsp3) is 0.391. The Hall–Kier alpha value is -2.57. The molecule has 0 spiro atoms. The minimum absolute atomic E-state index is 0.203. The summed E-state index contributed by atoms with van der Waals surface area (Å²) in [6.45, 7) is 1.30.